The highest BCUT2D eigenvalue weighted by Gasteiger charge is 2.17. The highest BCUT2D eigenvalue weighted by Crippen LogP contribution is 2.29. The molecule has 1 aromatic carbocycles. The Morgan fingerprint density at radius 2 is 2.23 bits per heavy atom. The van der Waals surface area contributed by atoms with Gasteiger partial charge in [-0.25, -0.2) is 9.48 Å². The molecule has 108 valence electrons. The summed E-state index contributed by atoms with van der Waals surface area (Å²) in [7, 11) is 1.33. The van der Waals surface area contributed by atoms with Gasteiger partial charge in [0.2, 0.25) is 0 Å². The van der Waals surface area contributed by atoms with Crippen molar-refractivity contribution in [3.63, 3.8) is 0 Å². The van der Waals surface area contributed by atoms with Crippen molar-refractivity contribution in [1.82, 2.24) is 15.0 Å². The van der Waals surface area contributed by atoms with Crippen LogP contribution in [0.25, 0.3) is 16.3 Å². The van der Waals surface area contributed by atoms with E-state index in [-0.39, 0.29) is 5.69 Å². The van der Waals surface area contributed by atoms with E-state index >= 15 is 0 Å². The molecule has 0 fully saturated rings. The Bertz CT molecular complexity index is 862. The first kappa shape index (κ1) is 14.0. The summed E-state index contributed by atoms with van der Waals surface area (Å²) in [5.41, 5.74) is 1.90. The van der Waals surface area contributed by atoms with E-state index in [1.165, 1.54) is 18.4 Å². The Balaban J connectivity index is 2.16. The number of thiophene rings is 1. The average molecular weight is 310 g/mol. The van der Waals surface area contributed by atoms with Crippen molar-refractivity contribution in [2.75, 3.05) is 7.11 Å². The van der Waals surface area contributed by atoms with Crippen molar-refractivity contribution in [3.8, 4) is 22.3 Å². The van der Waals surface area contributed by atoms with E-state index in [0.29, 0.717) is 16.9 Å². The Labute approximate surface area is 130 Å². The van der Waals surface area contributed by atoms with E-state index in [9.17, 15) is 10.1 Å². The van der Waals surface area contributed by atoms with Crippen LogP contribution in [0.5, 0.6) is 0 Å². The van der Waals surface area contributed by atoms with Gasteiger partial charge in [-0.15, -0.1) is 16.4 Å². The van der Waals surface area contributed by atoms with Gasteiger partial charge in [0.25, 0.3) is 0 Å². The minimum absolute atomic E-state index is 0.242. The minimum atomic E-state index is -0.430. The van der Waals surface area contributed by atoms with Gasteiger partial charge in [-0.3, -0.25) is 0 Å². The second-order valence-corrected chi connectivity index (χ2v) is 5.28. The summed E-state index contributed by atoms with van der Waals surface area (Å²) in [5.74, 6) is -0.430. The molecule has 0 amide bonds. The van der Waals surface area contributed by atoms with E-state index < -0.39 is 5.97 Å². The summed E-state index contributed by atoms with van der Waals surface area (Å²) in [4.78, 5) is 12.5. The molecule has 0 atom stereocenters. The van der Waals surface area contributed by atoms with Crippen LogP contribution in [0.15, 0.2) is 41.8 Å². The van der Waals surface area contributed by atoms with Gasteiger partial charge in [0.15, 0.2) is 5.69 Å². The molecule has 0 unspecified atom stereocenters. The Morgan fingerprint density at radius 1 is 1.36 bits per heavy atom. The van der Waals surface area contributed by atoms with E-state index in [2.05, 4.69) is 10.3 Å². The monoisotopic (exact) mass is 310 g/mol. The molecular formula is C15H10N4O2S. The van der Waals surface area contributed by atoms with Crippen molar-refractivity contribution in [2.24, 2.45) is 0 Å². The number of nitriles is 1. The molecule has 2 aromatic heterocycles. The fourth-order valence-corrected chi connectivity index (χ4v) is 2.81. The van der Waals surface area contributed by atoms with Crippen LogP contribution in [0.2, 0.25) is 0 Å². The number of esters is 1. The first-order valence-electron chi connectivity index (χ1n) is 6.33. The molecule has 7 heteroatoms. The van der Waals surface area contributed by atoms with Crippen LogP contribution in [0.4, 0.5) is 0 Å². The predicted molar refractivity (Wildman–Crippen MR) is 80.7 cm³/mol. The molecule has 0 spiro atoms. The number of carbonyl (C=O) groups excluding carboxylic acids is 1. The third kappa shape index (κ3) is 2.36. The standard InChI is InChI=1S/C15H10N4O2S/c1-21-15(20)10-4-2-5-11(8-10)19-14(12(9-16)17-18-19)13-6-3-7-22-13/h2-8H,1H3. The van der Waals surface area contributed by atoms with Crippen molar-refractivity contribution in [3.05, 3.63) is 53.0 Å². The van der Waals surface area contributed by atoms with E-state index in [1.54, 1.807) is 28.9 Å². The quantitative estimate of drug-likeness (QED) is 0.695. The summed E-state index contributed by atoms with van der Waals surface area (Å²) in [5, 5.41) is 19.1. The van der Waals surface area contributed by atoms with Crippen LogP contribution in [0.3, 0.4) is 0 Å². The first-order valence-corrected chi connectivity index (χ1v) is 7.21. The van der Waals surface area contributed by atoms with E-state index in [1.807, 2.05) is 23.6 Å². The molecule has 22 heavy (non-hydrogen) atoms. The number of ether oxygens (including phenoxy) is 1. The zero-order chi connectivity index (χ0) is 15.5. The highest BCUT2D eigenvalue weighted by molar-refractivity contribution is 7.13. The van der Waals surface area contributed by atoms with E-state index in [0.717, 1.165) is 4.88 Å². The molecular weight excluding hydrogens is 300 g/mol. The maximum atomic E-state index is 11.7. The second kappa shape index (κ2) is 5.79. The van der Waals surface area contributed by atoms with Gasteiger partial charge in [0.05, 0.1) is 23.2 Å². The van der Waals surface area contributed by atoms with Crippen molar-refractivity contribution in [2.45, 2.75) is 0 Å². The summed E-state index contributed by atoms with van der Waals surface area (Å²) >= 11 is 1.49. The summed E-state index contributed by atoms with van der Waals surface area (Å²) < 4.78 is 6.27. The van der Waals surface area contributed by atoms with Gasteiger partial charge in [-0.1, -0.05) is 17.3 Å². The van der Waals surface area contributed by atoms with Crippen molar-refractivity contribution < 1.29 is 9.53 Å². The lowest BCUT2D eigenvalue weighted by molar-refractivity contribution is 0.0600. The van der Waals surface area contributed by atoms with Gasteiger partial charge in [-0.2, -0.15) is 5.26 Å². The van der Waals surface area contributed by atoms with Crippen LogP contribution >= 0.6 is 11.3 Å². The normalized spacial score (nSPS) is 10.2. The number of nitrogens with zero attached hydrogens (tertiary/aromatic N) is 4. The summed E-state index contributed by atoms with van der Waals surface area (Å²) in [6.45, 7) is 0. The molecule has 0 aliphatic rings. The fraction of sp³-hybridized carbons (Fsp3) is 0.0667. The molecule has 0 aliphatic carbocycles. The Morgan fingerprint density at radius 3 is 2.91 bits per heavy atom. The Kier molecular flexibility index (Phi) is 3.68. The number of methoxy groups -OCH3 is 1. The maximum absolute atomic E-state index is 11.7. The number of hydrogen-bond acceptors (Lipinski definition) is 6. The molecule has 0 radical (unpaired) electrons. The molecule has 2 heterocycles. The lowest BCUT2D eigenvalue weighted by Gasteiger charge is -2.06. The third-order valence-corrected chi connectivity index (χ3v) is 3.92. The predicted octanol–water partition coefficient (Wildman–Crippen LogP) is 2.65. The molecule has 0 aliphatic heterocycles. The fourth-order valence-electron chi connectivity index (χ4n) is 2.05. The van der Waals surface area contributed by atoms with Gasteiger partial charge < -0.3 is 4.74 Å². The highest BCUT2D eigenvalue weighted by atomic mass is 32.1. The summed E-state index contributed by atoms with van der Waals surface area (Å²) in [6, 6.07) is 12.7. The molecule has 3 rings (SSSR count). The van der Waals surface area contributed by atoms with Crippen LogP contribution in [-0.2, 0) is 4.74 Å². The number of benzene rings is 1. The van der Waals surface area contributed by atoms with Crippen molar-refractivity contribution in [1.29, 1.82) is 5.26 Å². The minimum Gasteiger partial charge on any atom is -0.465 e. The number of rotatable bonds is 3. The smallest absolute Gasteiger partial charge is 0.337 e. The van der Waals surface area contributed by atoms with Gasteiger partial charge in [-0.05, 0) is 29.6 Å². The van der Waals surface area contributed by atoms with Gasteiger partial charge >= 0.3 is 5.97 Å². The molecule has 0 saturated carbocycles. The second-order valence-electron chi connectivity index (χ2n) is 4.33. The zero-order valence-corrected chi connectivity index (χ0v) is 12.4. The Hall–Kier alpha value is -2.98. The van der Waals surface area contributed by atoms with E-state index in [4.69, 9.17) is 4.74 Å². The molecule has 0 bridgehead atoms. The lowest BCUT2D eigenvalue weighted by Crippen LogP contribution is -2.04. The number of hydrogen-bond donors (Lipinski definition) is 0. The third-order valence-electron chi connectivity index (χ3n) is 3.04. The van der Waals surface area contributed by atoms with Crippen LogP contribution in [0.1, 0.15) is 16.1 Å². The van der Waals surface area contributed by atoms with Gasteiger partial charge in [0, 0.05) is 0 Å². The van der Waals surface area contributed by atoms with Crippen LogP contribution in [0, 0.1) is 11.3 Å². The number of aromatic nitrogens is 3. The van der Waals surface area contributed by atoms with Gasteiger partial charge in [0.1, 0.15) is 11.8 Å². The maximum Gasteiger partial charge on any atom is 0.337 e. The average Bonchev–Trinajstić information content (AvgIpc) is 3.22. The lowest BCUT2D eigenvalue weighted by atomic mass is 10.2. The first-order chi connectivity index (χ1) is 10.7. The SMILES string of the molecule is COC(=O)c1cccc(-n2nnc(C#N)c2-c2cccs2)c1. The molecule has 3 aromatic rings. The zero-order valence-electron chi connectivity index (χ0n) is 11.6. The molecule has 6 nitrogen and oxygen atoms in total. The van der Waals surface area contributed by atoms with Crippen LogP contribution in [-0.4, -0.2) is 28.1 Å². The topological polar surface area (TPSA) is 80.8 Å². The van der Waals surface area contributed by atoms with Crippen LogP contribution < -0.4 is 0 Å². The largest absolute Gasteiger partial charge is 0.465 e. The van der Waals surface area contributed by atoms with Crippen molar-refractivity contribution >= 4 is 17.3 Å². The molecule has 0 saturated heterocycles. The molecule has 0 N–H and O–H groups in total. The summed E-state index contributed by atoms with van der Waals surface area (Å²) in [6.07, 6.45) is 0. The number of carbonyl (C=O) groups is 1.